The molecule has 1 N–H and O–H groups in total. The molecule has 2 aromatic carbocycles. The van der Waals surface area contributed by atoms with Crippen LogP contribution < -0.4 is 14.8 Å². The van der Waals surface area contributed by atoms with Crippen molar-refractivity contribution in [3.63, 3.8) is 0 Å². The van der Waals surface area contributed by atoms with Gasteiger partial charge in [-0.3, -0.25) is 9.69 Å². The van der Waals surface area contributed by atoms with Crippen molar-refractivity contribution in [3.05, 3.63) is 59.2 Å². The number of methoxy groups -OCH3 is 1. The van der Waals surface area contributed by atoms with E-state index in [-0.39, 0.29) is 5.91 Å². The fourth-order valence-corrected chi connectivity index (χ4v) is 4.45. The Labute approximate surface area is 166 Å². The van der Waals surface area contributed by atoms with Gasteiger partial charge in [-0.25, -0.2) is 0 Å². The molecule has 0 aliphatic carbocycles. The summed E-state index contributed by atoms with van der Waals surface area (Å²) in [6.45, 7) is 2.46. The first-order valence-electron chi connectivity index (χ1n) is 10.0. The summed E-state index contributed by atoms with van der Waals surface area (Å²) in [5.74, 6) is 2.16. The zero-order chi connectivity index (χ0) is 19.5. The Morgan fingerprint density at radius 2 is 2.07 bits per heavy atom. The number of benzene rings is 2. The highest BCUT2D eigenvalue weighted by atomic mass is 16.5. The SMILES string of the molecule is COc1ccc(C2C(CNC(=O)c3ccc4c(c3)CCO4)CCCN2C)cc1. The Morgan fingerprint density at radius 1 is 1.25 bits per heavy atom. The minimum Gasteiger partial charge on any atom is -0.497 e. The van der Waals surface area contributed by atoms with Crippen LogP contribution in [0.1, 0.15) is 40.4 Å². The molecule has 1 amide bonds. The molecule has 0 bridgehead atoms. The van der Waals surface area contributed by atoms with Gasteiger partial charge in [0.1, 0.15) is 11.5 Å². The summed E-state index contributed by atoms with van der Waals surface area (Å²) in [5.41, 5.74) is 3.12. The van der Waals surface area contributed by atoms with Crippen molar-refractivity contribution in [3.8, 4) is 11.5 Å². The van der Waals surface area contributed by atoms with Gasteiger partial charge in [-0.15, -0.1) is 0 Å². The average Bonchev–Trinajstić information content (AvgIpc) is 3.20. The van der Waals surface area contributed by atoms with Crippen LogP contribution in [0.2, 0.25) is 0 Å². The molecule has 1 fully saturated rings. The van der Waals surface area contributed by atoms with E-state index in [2.05, 4.69) is 29.4 Å². The number of carbonyl (C=O) groups is 1. The molecule has 2 aliphatic heterocycles. The molecule has 2 unspecified atom stereocenters. The normalized spacial score (nSPS) is 21.6. The van der Waals surface area contributed by atoms with Crippen LogP contribution in [0, 0.1) is 5.92 Å². The molecule has 4 rings (SSSR count). The fraction of sp³-hybridized carbons (Fsp3) is 0.435. The van der Waals surface area contributed by atoms with Gasteiger partial charge in [0, 0.05) is 24.6 Å². The second-order valence-electron chi connectivity index (χ2n) is 7.73. The molecule has 0 aromatic heterocycles. The van der Waals surface area contributed by atoms with Gasteiger partial charge in [0.25, 0.3) is 5.91 Å². The van der Waals surface area contributed by atoms with Crippen LogP contribution in [0.3, 0.4) is 0 Å². The summed E-state index contributed by atoms with van der Waals surface area (Å²) in [6.07, 6.45) is 3.14. The van der Waals surface area contributed by atoms with Crippen LogP contribution in [0.4, 0.5) is 0 Å². The highest BCUT2D eigenvalue weighted by Gasteiger charge is 2.31. The lowest BCUT2D eigenvalue weighted by Crippen LogP contribution is -2.41. The van der Waals surface area contributed by atoms with Crippen molar-refractivity contribution in [2.45, 2.75) is 25.3 Å². The van der Waals surface area contributed by atoms with Gasteiger partial charge in [0.15, 0.2) is 0 Å². The number of likely N-dealkylation sites (tertiary alicyclic amines) is 1. The number of amides is 1. The zero-order valence-electron chi connectivity index (χ0n) is 16.6. The number of piperidine rings is 1. The predicted octanol–water partition coefficient (Wildman–Crippen LogP) is 3.44. The van der Waals surface area contributed by atoms with Crippen LogP contribution in [-0.4, -0.2) is 44.7 Å². The maximum absolute atomic E-state index is 12.7. The molecule has 148 valence electrons. The predicted molar refractivity (Wildman–Crippen MR) is 109 cm³/mol. The summed E-state index contributed by atoms with van der Waals surface area (Å²) in [7, 11) is 3.86. The topological polar surface area (TPSA) is 50.8 Å². The van der Waals surface area contributed by atoms with Crippen molar-refractivity contribution in [2.24, 2.45) is 5.92 Å². The first-order valence-corrected chi connectivity index (χ1v) is 10.0. The van der Waals surface area contributed by atoms with Crippen molar-refractivity contribution in [1.29, 1.82) is 0 Å². The maximum atomic E-state index is 12.7. The van der Waals surface area contributed by atoms with Crippen LogP contribution in [0.25, 0.3) is 0 Å². The Morgan fingerprint density at radius 3 is 2.86 bits per heavy atom. The summed E-state index contributed by atoms with van der Waals surface area (Å²) in [4.78, 5) is 15.1. The molecule has 2 aromatic rings. The van der Waals surface area contributed by atoms with E-state index in [0.29, 0.717) is 25.1 Å². The van der Waals surface area contributed by atoms with Gasteiger partial charge >= 0.3 is 0 Å². The first-order chi connectivity index (χ1) is 13.7. The second-order valence-corrected chi connectivity index (χ2v) is 7.73. The quantitative estimate of drug-likeness (QED) is 0.863. The molecular formula is C23H28N2O3. The van der Waals surface area contributed by atoms with Gasteiger partial charge in [-0.1, -0.05) is 12.1 Å². The third kappa shape index (κ3) is 3.85. The number of fused-ring (bicyclic) bond motifs is 1. The molecule has 2 heterocycles. The Bertz CT molecular complexity index is 834. The highest BCUT2D eigenvalue weighted by Crippen LogP contribution is 2.35. The van der Waals surface area contributed by atoms with Crippen molar-refractivity contribution < 1.29 is 14.3 Å². The molecule has 2 aliphatic rings. The number of hydrogen-bond donors (Lipinski definition) is 1. The molecule has 0 saturated carbocycles. The van der Waals surface area contributed by atoms with Gasteiger partial charge in [-0.05, 0) is 73.8 Å². The van der Waals surface area contributed by atoms with Gasteiger partial charge < -0.3 is 14.8 Å². The van der Waals surface area contributed by atoms with E-state index in [4.69, 9.17) is 9.47 Å². The Balaban J connectivity index is 1.44. The lowest BCUT2D eigenvalue weighted by molar-refractivity contribution is 0.0891. The molecule has 0 spiro atoms. The largest absolute Gasteiger partial charge is 0.497 e. The number of ether oxygens (including phenoxy) is 2. The molecule has 5 nitrogen and oxygen atoms in total. The van der Waals surface area contributed by atoms with Crippen molar-refractivity contribution in [2.75, 3.05) is 33.9 Å². The van der Waals surface area contributed by atoms with Gasteiger partial charge in [-0.2, -0.15) is 0 Å². The third-order valence-electron chi connectivity index (χ3n) is 5.94. The van der Waals surface area contributed by atoms with E-state index in [9.17, 15) is 4.79 Å². The first kappa shape index (κ1) is 18.8. The maximum Gasteiger partial charge on any atom is 0.251 e. The molecule has 2 atom stereocenters. The van der Waals surface area contributed by atoms with E-state index in [1.807, 2.05) is 30.3 Å². The van der Waals surface area contributed by atoms with Crippen LogP contribution in [0.15, 0.2) is 42.5 Å². The highest BCUT2D eigenvalue weighted by molar-refractivity contribution is 5.94. The standard InChI is InChI=1S/C23H28N2O3/c1-25-12-3-4-19(22(25)16-5-8-20(27-2)9-6-16)15-24-23(26)18-7-10-21-17(14-18)11-13-28-21/h5-10,14,19,22H,3-4,11-13,15H2,1-2H3,(H,24,26). The summed E-state index contributed by atoms with van der Waals surface area (Å²) in [6, 6.07) is 14.3. The Kier molecular flexibility index (Phi) is 5.53. The number of nitrogens with zero attached hydrogens (tertiary/aromatic N) is 1. The third-order valence-corrected chi connectivity index (χ3v) is 5.94. The fourth-order valence-electron chi connectivity index (χ4n) is 4.45. The molecule has 1 saturated heterocycles. The van der Waals surface area contributed by atoms with Crippen LogP contribution in [-0.2, 0) is 6.42 Å². The zero-order valence-corrected chi connectivity index (χ0v) is 16.6. The number of carbonyl (C=O) groups excluding carboxylic acids is 1. The van der Waals surface area contributed by atoms with Gasteiger partial charge in [0.05, 0.1) is 13.7 Å². The summed E-state index contributed by atoms with van der Waals surface area (Å²) in [5, 5.41) is 3.17. The molecule has 28 heavy (non-hydrogen) atoms. The van der Waals surface area contributed by atoms with Crippen LogP contribution >= 0.6 is 0 Å². The van der Waals surface area contributed by atoms with E-state index < -0.39 is 0 Å². The lowest BCUT2D eigenvalue weighted by Gasteiger charge is -2.39. The monoisotopic (exact) mass is 380 g/mol. The summed E-state index contributed by atoms with van der Waals surface area (Å²) >= 11 is 0. The van der Waals surface area contributed by atoms with Crippen LogP contribution in [0.5, 0.6) is 11.5 Å². The average molecular weight is 380 g/mol. The van der Waals surface area contributed by atoms with Crippen molar-refractivity contribution >= 4 is 5.91 Å². The van der Waals surface area contributed by atoms with Crippen molar-refractivity contribution in [1.82, 2.24) is 10.2 Å². The lowest BCUT2D eigenvalue weighted by atomic mass is 9.85. The van der Waals surface area contributed by atoms with E-state index in [1.165, 1.54) is 5.56 Å². The number of nitrogens with one attached hydrogen (secondary N) is 1. The molecular weight excluding hydrogens is 352 g/mol. The van der Waals surface area contributed by atoms with E-state index in [1.54, 1.807) is 7.11 Å². The summed E-state index contributed by atoms with van der Waals surface area (Å²) < 4.78 is 10.8. The number of rotatable bonds is 5. The van der Waals surface area contributed by atoms with E-state index >= 15 is 0 Å². The minimum absolute atomic E-state index is 0.00333. The van der Waals surface area contributed by atoms with E-state index in [0.717, 1.165) is 48.4 Å². The van der Waals surface area contributed by atoms with Gasteiger partial charge in [0.2, 0.25) is 0 Å². The molecule has 5 heteroatoms. The smallest absolute Gasteiger partial charge is 0.251 e. The minimum atomic E-state index is -0.00333. The number of hydrogen-bond acceptors (Lipinski definition) is 4. The Hall–Kier alpha value is -2.53. The molecule has 0 radical (unpaired) electrons. The second kappa shape index (κ2) is 8.23.